The van der Waals surface area contributed by atoms with Gasteiger partial charge in [0.15, 0.2) is 0 Å². The van der Waals surface area contributed by atoms with Crippen molar-refractivity contribution in [2.45, 2.75) is 39.5 Å². The number of rotatable bonds is 6. The summed E-state index contributed by atoms with van der Waals surface area (Å²) in [6.07, 6.45) is 1.52. The summed E-state index contributed by atoms with van der Waals surface area (Å²) in [5, 5.41) is 4.93. The van der Waals surface area contributed by atoms with Gasteiger partial charge >= 0.3 is 0 Å². The molecule has 20 heavy (non-hydrogen) atoms. The fourth-order valence-electron chi connectivity index (χ4n) is 2.36. The molecule has 2 atom stereocenters. The number of nitrogens with two attached hydrogens (primary N) is 1. The Balaban J connectivity index is 3.02. The van der Waals surface area contributed by atoms with Crippen molar-refractivity contribution in [1.82, 2.24) is 14.7 Å². The molecule has 0 amide bonds. The molecule has 1 aromatic heterocycles. The first kappa shape index (κ1) is 17.4. The lowest BCUT2D eigenvalue weighted by Crippen LogP contribution is -2.40. The second-order valence-electron chi connectivity index (χ2n) is 6.45. The van der Waals surface area contributed by atoms with Crippen molar-refractivity contribution in [3.05, 3.63) is 16.9 Å². The Morgan fingerprint density at radius 2 is 2.05 bits per heavy atom. The van der Waals surface area contributed by atoms with Gasteiger partial charge in [0.1, 0.15) is 0 Å². The van der Waals surface area contributed by atoms with Crippen LogP contribution >= 0.6 is 11.6 Å². The fourth-order valence-corrected chi connectivity index (χ4v) is 2.63. The smallest absolute Gasteiger partial charge is 0.0835 e. The summed E-state index contributed by atoms with van der Waals surface area (Å²) in [6.45, 7) is 7.95. The highest BCUT2D eigenvalue weighted by molar-refractivity contribution is 6.31. The highest BCUT2D eigenvalue weighted by atomic mass is 35.5. The van der Waals surface area contributed by atoms with Crippen molar-refractivity contribution in [1.29, 1.82) is 0 Å². The average molecular weight is 303 g/mol. The van der Waals surface area contributed by atoms with Gasteiger partial charge < -0.3 is 15.4 Å². The van der Waals surface area contributed by atoms with Gasteiger partial charge in [-0.15, -0.1) is 0 Å². The number of likely N-dealkylation sites (N-methyl/N-ethyl adjacent to an activating group) is 1. The summed E-state index contributed by atoms with van der Waals surface area (Å²) in [5.41, 5.74) is 7.17. The van der Waals surface area contributed by atoms with Gasteiger partial charge in [0.2, 0.25) is 0 Å². The Kier molecular flexibility index (Phi) is 6.01. The topological polar surface area (TPSA) is 56.3 Å². The Bertz CT molecular complexity index is 425. The molecule has 116 valence electrons. The quantitative estimate of drug-likeness (QED) is 0.875. The lowest BCUT2D eigenvalue weighted by Gasteiger charge is -2.34. The Morgan fingerprint density at radius 3 is 2.50 bits per heavy atom. The van der Waals surface area contributed by atoms with Gasteiger partial charge in [0.25, 0.3) is 0 Å². The zero-order valence-electron chi connectivity index (χ0n) is 13.4. The third-order valence-corrected chi connectivity index (χ3v) is 3.63. The number of hydrogen-bond donors (Lipinski definition) is 1. The molecule has 2 unspecified atom stereocenters. The SMILES string of the molecule is COC(C(N)c1c(Cl)cnn1CCN(C)C)C(C)(C)C. The molecule has 0 bridgehead atoms. The summed E-state index contributed by atoms with van der Waals surface area (Å²) in [5.74, 6) is 0. The molecule has 0 radical (unpaired) electrons. The maximum Gasteiger partial charge on any atom is 0.0835 e. The van der Waals surface area contributed by atoms with Crippen LogP contribution in [0.2, 0.25) is 5.02 Å². The molecule has 5 nitrogen and oxygen atoms in total. The van der Waals surface area contributed by atoms with Crippen molar-refractivity contribution < 1.29 is 4.74 Å². The molecule has 1 rings (SSSR count). The van der Waals surface area contributed by atoms with E-state index in [-0.39, 0.29) is 17.6 Å². The van der Waals surface area contributed by atoms with E-state index in [4.69, 9.17) is 22.1 Å². The van der Waals surface area contributed by atoms with E-state index in [1.165, 1.54) is 0 Å². The zero-order chi connectivity index (χ0) is 15.5. The van der Waals surface area contributed by atoms with Crippen LogP contribution in [-0.2, 0) is 11.3 Å². The van der Waals surface area contributed by atoms with Crippen LogP contribution in [0.3, 0.4) is 0 Å². The first-order valence-corrected chi connectivity index (χ1v) is 7.20. The number of nitrogens with zero attached hydrogens (tertiary/aromatic N) is 3. The van der Waals surface area contributed by atoms with E-state index >= 15 is 0 Å². The molecule has 6 heteroatoms. The second-order valence-corrected chi connectivity index (χ2v) is 6.86. The first-order valence-electron chi connectivity index (χ1n) is 6.82. The summed E-state index contributed by atoms with van der Waals surface area (Å²) in [4.78, 5) is 2.10. The minimum atomic E-state index is -0.308. The molecule has 2 N–H and O–H groups in total. The van der Waals surface area contributed by atoms with Crippen molar-refractivity contribution in [2.24, 2.45) is 11.1 Å². The van der Waals surface area contributed by atoms with E-state index in [0.717, 1.165) is 18.8 Å². The normalized spacial score (nSPS) is 15.7. The van der Waals surface area contributed by atoms with Gasteiger partial charge in [-0.25, -0.2) is 0 Å². The van der Waals surface area contributed by atoms with Crippen molar-refractivity contribution >= 4 is 11.6 Å². The Labute approximate surface area is 127 Å². The van der Waals surface area contributed by atoms with E-state index in [9.17, 15) is 0 Å². The van der Waals surface area contributed by atoms with Crippen LogP contribution < -0.4 is 5.73 Å². The van der Waals surface area contributed by atoms with Crippen LogP contribution in [0.5, 0.6) is 0 Å². The highest BCUT2D eigenvalue weighted by Crippen LogP contribution is 2.33. The van der Waals surface area contributed by atoms with E-state index in [1.54, 1.807) is 13.3 Å². The highest BCUT2D eigenvalue weighted by Gasteiger charge is 2.34. The van der Waals surface area contributed by atoms with Crippen molar-refractivity contribution in [3.8, 4) is 0 Å². The predicted octanol–water partition coefficient (Wildman–Crippen LogP) is 2.16. The summed E-state index contributed by atoms with van der Waals surface area (Å²) >= 11 is 6.27. The number of halogens is 1. The molecule has 0 aromatic carbocycles. The monoisotopic (exact) mass is 302 g/mol. The maximum absolute atomic E-state index is 6.40. The zero-order valence-corrected chi connectivity index (χ0v) is 14.1. The fraction of sp³-hybridized carbons (Fsp3) is 0.786. The summed E-state index contributed by atoms with van der Waals surface area (Å²) < 4.78 is 7.48. The van der Waals surface area contributed by atoms with Crippen LogP contribution in [0.15, 0.2) is 6.20 Å². The van der Waals surface area contributed by atoms with Gasteiger partial charge in [-0.1, -0.05) is 32.4 Å². The van der Waals surface area contributed by atoms with Gasteiger partial charge in [-0.2, -0.15) is 5.10 Å². The first-order chi connectivity index (χ1) is 9.18. The number of hydrogen-bond acceptors (Lipinski definition) is 4. The van der Waals surface area contributed by atoms with Crippen LogP contribution in [0, 0.1) is 5.41 Å². The second kappa shape index (κ2) is 6.89. The molecule has 0 saturated carbocycles. The lowest BCUT2D eigenvalue weighted by atomic mass is 9.83. The number of methoxy groups -OCH3 is 1. The van der Waals surface area contributed by atoms with Crippen LogP contribution in [0.25, 0.3) is 0 Å². The summed E-state index contributed by atoms with van der Waals surface area (Å²) in [7, 11) is 5.74. The van der Waals surface area contributed by atoms with Crippen LogP contribution in [0.1, 0.15) is 32.5 Å². The molecule has 0 aliphatic carbocycles. The molecular formula is C14H27ClN4O. The Hall–Kier alpha value is -0.620. The molecule has 0 saturated heterocycles. The lowest BCUT2D eigenvalue weighted by molar-refractivity contribution is -0.00435. The van der Waals surface area contributed by atoms with Gasteiger partial charge in [0, 0.05) is 13.7 Å². The molecule has 1 aromatic rings. The van der Waals surface area contributed by atoms with Crippen LogP contribution in [-0.4, -0.2) is 48.5 Å². The molecule has 0 fully saturated rings. The third-order valence-electron chi connectivity index (χ3n) is 3.34. The average Bonchev–Trinajstić information content (AvgIpc) is 2.66. The molecule has 0 aliphatic rings. The molecule has 1 heterocycles. The maximum atomic E-state index is 6.40. The van der Waals surface area contributed by atoms with Crippen molar-refractivity contribution in [3.63, 3.8) is 0 Å². The van der Waals surface area contributed by atoms with Gasteiger partial charge in [-0.05, 0) is 19.5 Å². The minimum absolute atomic E-state index is 0.0753. The largest absolute Gasteiger partial charge is 0.379 e. The standard InChI is InChI=1S/C14H27ClN4O/c1-14(2,3)13(20-6)11(16)12-10(15)9-17-19(12)8-7-18(4)5/h9,11,13H,7-8,16H2,1-6H3. The predicted molar refractivity (Wildman–Crippen MR) is 83.0 cm³/mol. The van der Waals surface area contributed by atoms with Gasteiger partial charge in [-0.3, -0.25) is 4.68 Å². The van der Waals surface area contributed by atoms with Gasteiger partial charge in [0.05, 0.1) is 35.6 Å². The number of ether oxygens (including phenoxy) is 1. The summed E-state index contributed by atoms with van der Waals surface area (Å²) in [6, 6.07) is -0.308. The minimum Gasteiger partial charge on any atom is -0.379 e. The molecular weight excluding hydrogens is 276 g/mol. The van der Waals surface area contributed by atoms with E-state index < -0.39 is 0 Å². The van der Waals surface area contributed by atoms with E-state index in [1.807, 2.05) is 18.8 Å². The number of aromatic nitrogens is 2. The van der Waals surface area contributed by atoms with E-state index in [0.29, 0.717) is 5.02 Å². The van der Waals surface area contributed by atoms with E-state index in [2.05, 4.69) is 30.8 Å². The molecule has 0 aliphatic heterocycles. The third kappa shape index (κ3) is 4.19. The Morgan fingerprint density at radius 1 is 1.45 bits per heavy atom. The van der Waals surface area contributed by atoms with Crippen LogP contribution in [0.4, 0.5) is 0 Å². The van der Waals surface area contributed by atoms with Crippen molar-refractivity contribution in [2.75, 3.05) is 27.7 Å². The molecule has 0 spiro atoms.